The number of nitrogens with two attached hydrogens (primary N) is 1. The number of nitrogens with one attached hydrogen (secondary N) is 1. The summed E-state index contributed by atoms with van der Waals surface area (Å²) in [6.45, 7) is 4.11. The molecule has 2 aliphatic rings. The highest BCUT2D eigenvalue weighted by atomic mass is 16.1. The van der Waals surface area contributed by atoms with Crippen molar-refractivity contribution in [1.82, 2.24) is 10.2 Å². The van der Waals surface area contributed by atoms with Crippen LogP contribution in [-0.2, 0) is 17.9 Å². The Morgan fingerprint density at radius 3 is 2.46 bits per heavy atom. The van der Waals surface area contributed by atoms with Gasteiger partial charge in [0.15, 0.2) is 0 Å². The maximum absolute atomic E-state index is 12.3. The van der Waals surface area contributed by atoms with Crippen LogP contribution in [0, 0.1) is 5.92 Å². The monoisotopic (exact) mass is 329 g/mol. The van der Waals surface area contributed by atoms with Gasteiger partial charge < -0.3 is 11.1 Å². The molecule has 1 amide bonds. The second-order valence-corrected chi connectivity index (χ2v) is 7.49. The van der Waals surface area contributed by atoms with E-state index in [1.54, 1.807) is 0 Å². The Morgan fingerprint density at radius 2 is 1.75 bits per heavy atom. The average Bonchev–Trinajstić information content (AvgIpc) is 2.62. The lowest BCUT2D eigenvalue weighted by Crippen LogP contribution is -2.37. The smallest absolute Gasteiger partial charge is 0.223 e. The fraction of sp³-hybridized carbons (Fsp3) is 0.650. The normalized spacial score (nSPS) is 25.4. The van der Waals surface area contributed by atoms with Crippen LogP contribution in [0.25, 0.3) is 0 Å². The predicted octanol–water partition coefficient (Wildman–Crippen LogP) is 2.81. The van der Waals surface area contributed by atoms with Crippen LogP contribution >= 0.6 is 0 Å². The van der Waals surface area contributed by atoms with Gasteiger partial charge in [-0.25, -0.2) is 0 Å². The summed E-state index contributed by atoms with van der Waals surface area (Å²) in [4.78, 5) is 14.8. The Kier molecular flexibility index (Phi) is 6.27. The third-order valence-corrected chi connectivity index (χ3v) is 5.43. The highest BCUT2D eigenvalue weighted by Crippen LogP contribution is 2.23. The zero-order valence-corrected chi connectivity index (χ0v) is 14.7. The van der Waals surface area contributed by atoms with Crippen molar-refractivity contribution in [2.24, 2.45) is 11.7 Å². The summed E-state index contributed by atoms with van der Waals surface area (Å²) in [5.41, 5.74) is 8.52. The zero-order valence-electron chi connectivity index (χ0n) is 14.7. The van der Waals surface area contributed by atoms with Gasteiger partial charge in [0.2, 0.25) is 5.91 Å². The van der Waals surface area contributed by atoms with Crippen LogP contribution < -0.4 is 11.1 Å². The third-order valence-electron chi connectivity index (χ3n) is 5.43. The van der Waals surface area contributed by atoms with E-state index in [2.05, 4.69) is 34.5 Å². The molecular formula is C20H31N3O. The first kappa shape index (κ1) is 17.4. The van der Waals surface area contributed by atoms with Crippen molar-refractivity contribution in [2.75, 3.05) is 13.1 Å². The van der Waals surface area contributed by atoms with Crippen LogP contribution in [-0.4, -0.2) is 29.9 Å². The van der Waals surface area contributed by atoms with Gasteiger partial charge in [-0.1, -0.05) is 37.1 Å². The van der Waals surface area contributed by atoms with E-state index in [0.717, 1.165) is 32.2 Å². The number of piperidine rings is 1. The minimum absolute atomic E-state index is 0.104. The fourth-order valence-electron chi connectivity index (χ4n) is 3.94. The van der Waals surface area contributed by atoms with Gasteiger partial charge in [0, 0.05) is 25.0 Å². The van der Waals surface area contributed by atoms with Crippen molar-refractivity contribution in [3.63, 3.8) is 0 Å². The lowest BCUT2D eigenvalue weighted by Gasteiger charge is -2.26. The molecule has 1 saturated carbocycles. The Balaban J connectivity index is 1.44. The second-order valence-electron chi connectivity index (χ2n) is 7.49. The standard InChI is InChI=1S/C20H31N3O/c21-19-6-4-5-18(13-19)20(24)22-14-16-7-9-17(10-8-16)15-23-11-2-1-3-12-23/h7-10,18-19H,1-6,11-15,21H2,(H,22,24). The molecule has 2 atom stereocenters. The Morgan fingerprint density at radius 1 is 1.04 bits per heavy atom. The molecule has 1 heterocycles. The van der Waals surface area contributed by atoms with E-state index in [4.69, 9.17) is 5.73 Å². The van der Waals surface area contributed by atoms with Gasteiger partial charge in [-0.05, 0) is 56.3 Å². The quantitative estimate of drug-likeness (QED) is 0.873. The van der Waals surface area contributed by atoms with E-state index in [9.17, 15) is 4.79 Å². The fourth-order valence-corrected chi connectivity index (χ4v) is 3.94. The summed E-state index contributed by atoms with van der Waals surface area (Å²) in [6, 6.07) is 8.89. The van der Waals surface area contributed by atoms with Crippen molar-refractivity contribution in [2.45, 2.75) is 64.1 Å². The molecule has 3 N–H and O–H groups in total. The first-order valence-electron chi connectivity index (χ1n) is 9.54. The van der Waals surface area contributed by atoms with Crippen LogP contribution in [0.2, 0.25) is 0 Å². The number of nitrogens with zero attached hydrogens (tertiary/aromatic N) is 1. The van der Waals surface area contributed by atoms with Crippen LogP contribution in [0.3, 0.4) is 0 Å². The number of likely N-dealkylation sites (tertiary alicyclic amines) is 1. The molecule has 1 aliphatic heterocycles. The number of hydrogen-bond donors (Lipinski definition) is 2. The van der Waals surface area contributed by atoms with Crippen molar-refractivity contribution >= 4 is 5.91 Å². The number of carbonyl (C=O) groups is 1. The predicted molar refractivity (Wildman–Crippen MR) is 97.4 cm³/mol. The van der Waals surface area contributed by atoms with Crippen molar-refractivity contribution in [1.29, 1.82) is 0 Å². The first-order valence-corrected chi connectivity index (χ1v) is 9.54. The molecule has 3 rings (SSSR count). The minimum Gasteiger partial charge on any atom is -0.352 e. The number of benzene rings is 1. The molecule has 0 radical (unpaired) electrons. The van der Waals surface area contributed by atoms with Crippen LogP contribution in [0.15, 0.2) is 24.3 Å². The molecule has 1 aliphatic carbocycles. The van der Waals surface area contributed by atoms with Crippen LogP contribution in [0.5, 0.6) is 0 Å². The summed E-state index contributed by atoms with van der Waals surface area (Å²) >= 11 is 0. The van der Waals surface area contributed by atoms with Crippen molar-refractivity contribution in [3.05, 3.63) is 35.4 Å². The molecule has 1 aromatic carbocycles. The Bertz CT molecular complexity index is 522. The Labute approximate surface area is 145 Å². The minimum atomic E-state index is 0.104. The molecule has 0 bridgehead atoms. The lowest BCUT2D eigenvalue weighted by atomic mass is 9.85. The second kappa shape index (κ2) is 8.63. The first-order chi connectivity index (χ1) is 11.7. The van der Waals surface area contributed by atoms with Gasteiger partial charge in [-0.3, -0.25) is 9.69 Å². The van der Waals surface area contributed by atoms with Gasteiger partial charge >= 0.3 is 0 Å². The van der Waals surface area contributed by atoms with Gasteiger partial charge in [0.25, 0.3) is 0 Å². The molecule has 24 heavy (non-hydrogen) atoms. The van der Waals surface area contributed by atoms with E-state index in [1.165, 1.54) is 43.5 Å². The van der Waals surface area contributed by atoms with Gasteiger partial charge in [-0.15, -0.1) is 0 Å². The van der Waals surface area contributed by atoms with E-state index in [1.807, 2.05) is 0 Å². The average molecular weight is 329 g/mol. The molecule has 4 nitrogen and oxygen atoms in total. The molecule has 0 aromatic heterocycles. The molecular weight excluding hydrogens is 298 g/mol. The van der Waals surface area contributed by atoms with Gasteiger partial charge in [0.1, 0.15) is 0 Å². The summed E-state index contributed by atoms with van der Waals surface area (Å²) < 4.78 is 0. The van der Waals surface area contributed by atoms with E-state index in [0.29, 0.717) is 6.54 Å². The largest absolute Gasteiger partial charge is 0.352 e. The summed E-state index contributed by atoms with van der Waals surface area (Å²) in [5.74, 6) is 0.273. The molecule has 1 saturated heterocycles. The van der Waals surface area contributed by atoms with Crippen LogP contribution in [0.1, 0.15) is 56.1 Å². The number of hydrogen-bond acceptors (Lipinski definition) is 3. The highest BCUT2D eigenvalue weighted by molar-refractivity contribution is 5.78. The molecule has 4 heteroatoms. The van der Waals surface area contributed by atoms with Gasteiger partial charge in [-0.2, -0.15) is 0 Å². The molecule has 2 fully saturated rings. The molecule has 1 aromatic rings. The van der Waals surface area contributed by atoms with Gasteiger partial charge in [0.05, 0.1) is 0 Å². The summed E-state index contributed by atoms with van der Waals surface area (Å²) in [5, 5.41) is 3.09. The van der Waals surface area contributed by atoms with Crippen molar-refractivity contribution in [3.8, 4) is 0 Å². The highest BCUT2D eigenvalue weighted by Gasteiger charge is 2.24. The van der Waals surface area contributed by atoms with Crippen LogP contribution in [0.4, 0.5) is 0 Å². The molecule has 2 unspecified atom stereocenters. The maximum Gasteiger partial charge on any atom is 0.223 e. The maximum atomic E-state index is 12.3. The topological polar surface area (TPSA) is 58.4 Å². The van der Waals surface area contributed by atoms with E-state index >= 15 is 0 Å². The van der Waals surface area contributed by atoms with E-state index in [-0.39, 0.29) is 17.9 Å². The molecule has 0 spiro atoms. The zero-order chi connectivity index (χ0) is 16.8. The third kappa shape index (κ3) is 5.05. The van der Waals surface area contributed by atoms with Crippen molar-refractivity contribution < 1.29 is 4.79 Å². The molecule has 132 valence electrons. The van der Waals surface area contributed by atoms with E-state index < -0.39 is 0 Å². The summed E-state index contributed by atoms with van der Waals surface area (Å²) in [6.07, 6.45) is 7.98. The summed E-state index contributed by atoms with van der Waals surface area (Å²) in [7, 11) is 0. The number of amides is 1. The lowest BCUT2D eigenvalue weighted by molar-refractivity contribution is -0.126. The number of carbonyl (C=O) groups excluding carboxylic acids is 1. The Hall–Kier alpha value is -1.39. The SMILES string of the molecule is NC1CCCC(C(=O)NCc2ccc(CN3CCCCC3)cc2)C1. The number of rotatable bonds is 5.